The summed E-state index contributed by atoms with van der Waals surface area (Å²) in [6.45, 7) is 0. The molecule has 5 nitrogen and oxygen atoms in total. The van der Waals surface area contributed by atoms with Crippen LogP contribution in [0.5, 0.6) is 5.75 Å². The van der Waals surface area contributed by atoms with Gasteiger partial charge < -0.3 is 15.6 Å². The van der Waals surface area contributed by atoms with Crippen molar-refractivity contribution in [3.63, 3.8) is 0 Å². The van der Waals surface area contributed by atoms with Gasteiger partial charge in [-0.15, -0.1) is 0 Å². The summed E-state index contributed by atoms with van der Waals surface area (Å²) >= 11 is 0. The molecule has 2 unspecified atom stereocenters. The van der Waals surface area contributed by atoms with Crippen molar-refractivity contribution in [3.8, 4) is 5.75 Å². The van der Waals surface area contributed by atoms with Gasteiger partial charge in [-0.05, 0) is 24.3 Å². The largest absolute Gasteiger partial charge is 0.487 e. The van der Waals surface area contributed by atoms with Gasteiger partial charge in [0.2, 0.25) is 0 Å². The second-order valence-electron chi connectivity index (χ2n) is 3.87. The van der Waals surface area contributed by atoms with Crippen LogP contribution in [0.15, 0.2) is 24.3 Å². The molecule has 1 heterocycles. The van der Waals surface area contributed by atoms with E-state index in [1.54, 1.807) is 24.3 Å². The molecule has 16 heavy (non-hydrogen) atoms. The van der Waals surface area contributed by atoms with E-state index in [2.05, 4.69) is 0 Å². The van der Waals surface area contributed by atoms with E-state index in [0.29, 0.717) is 11.4 Å². The Morgan fingerprint density at radius 2 is 1.88 bits per heavy atom. The summed E-state index contributed by atoms with van der Waals surface area (Å²) in [4.78, 5) is 0. The van der Waals surface area contributed by atoms with Gasteiger partial charge in [0.25, 0.3) is 0 Å². The predicted octanol–water partition coefficient (Wildman–Crippen LogP) is -0.195. The number of aliphatic hydroxyl groups excluding tert-OH is 1. The molecule has 88 valence electrons. The van der Waals surface area contributed by atoms with Crippen LogP contribution in [0.4, 0.5) is 5.69 Å². The number of hydrogen-bond donors (Lipinski definition) is 2. The van der Waals surface area contributed by atoms with E-state index in [1.807, 2.05) is 0 Å². The first-order valence-electron chi connectivity index (χ1n) is 4.87. The zero-order valence-electron chi connectivity index (χ0n) is 8.54. The molecular formula is C10H13NO4S. The Labute approximate surface area is 93.8 Å². The van der Waals surface area contributed by atoms with E-state index >= 15 is 0 Å². The summed E-state index contributed by atoms with van der Waals surface area (Å²) in [5.74, 6) is 0.140. The molecule has 0 spiro atoms. The number of rotatable bonds is 2. The lowest BCUT2D eigenvalue weighted by Crippen LogP contribution is -2.29. The van der Waals surface area contributed by atoms with Crippen molar-refractivity contribution in [2.75, 3.05) is 17.2 Å². The minimum absolute atomic E-state index is 0.140. The number of aliphatic hydroxyl groups is 1. The Bertz CT molecular complexity index is 468. The standard InChI is InChI=1S/C10H13NO4S/c11-7-1-3-8(4-2-7)15-10-6-16(13,14)5-9(10)12/h1-4,9-10,12H,5-6,11H2. The van der Waals surface area contributed by atoms with Crippen LogP contribution in [0.25, 0.3) is 0 Å². The van der Waals surface area contributed by atoms with Crippen molar-refractivity contribution in [3.05, 3.63) is 24.3 Å². The zero-order valence-corrected chi connectivity index (χ0v) is 9.35. The van der Waals surface area contributed by atoms with Crippen LogP contribution in [0, 0.1) is 0 Å². The molecular weight excluding hydrogens is 230 g/mol. The minimum atomic E-state index is -3.17. The normalized spacial score (nSPS) is 27.8. The van der Waals surface area contributed by atoms with Gasteiger partial charge in [-0.2, -0.15) is 0 Å². The minimum Gasteiger partial charge on any atom is -0.487 e. The van der Waals surface area contributed by atoms with Crippen molar-refractivity contribution >= 4 is 15.5 Å². The van der Waals surface area contributed by atoms with Crippen LogP contribution < -0.4 is 10.5 Å². The fourth-order valence-corrected chi connectivity index (χ4v) is 3.29. The first kappa shape index (κ1) is 11.2. The van der Waals surface area contributed by atoms with Crippen LogP contribution in [0.3, 0.4) is 0 Å². The third-order valence-electron chi connectivity index (χ3n) is 2.44. The van der Waals surface area contributed by atoms with Crippen LogP contribution in [-0.2, 0) is 9.84 Å². The fourth-order valence-electron chi connectivity index (χ4n) is 1.63. The summed E-state index contributed by atoms with van der Waals surface area (Å²) in [6.07, 6.45) is -1.64. The Morgan fingerprint density at radius 1 is 1.25 bits per heavy atom. The predicted molar refractivity (Wildman–Crippen MR) is 59.9 cm³/mol. The second kappa shape index (κ2) is 3.95. The van der Waals surface area contributed by atoms with E-state index in [9.17, 15) is 13.5 Å². The molecule has 0 aliphatic carbocycles. The molecule has 2 atom stereocenters. The molecule has 0 aromatic heterocycles. The van der Waals surface area contributed by atoms with Crippen molar-refractivity contribution in [1.29, 1.82) is 0 Å². The molecule has 1 saturated heterocycles. The molecule has 0 saturated carbocycles. The van der Waals surface area contributed by atoms with Crippen molar-refractivity contribution < 1.29 is 18.3 Å². The molecule has 1 aliphatic rings. The van der Waals surface area contributed by atoms with E-state index in [1.165, 1.54) is 0 Å². The van der Waals surface area contributed by atoms with Crippen LogP contribution in [-0.4, -0.2) is 37.2 Å². The average molecular weight is 243 g/mol. The highest BCUT2D eigenvalue weighted by molar-refractivity contribution is 7.91. The van der Waals surface area contributed by atoms with Gasteiger partial charge in [-0.1, -0.05) is 0 Å². The Hall–Kier alpha value is -1.27. The number of nitrogen functional groups attached to an aromatic ring is 1. The molecule has 6 heteroatoms. The van der Waals surface area contributed by atoms with Crippen molar-refractivity contribution in [1.82, 2.24) is 0 Å². The summed E-state index contributed by atoms with van der Waals surface area (Å²) in [5.41, 5.74) is 6.11. The molecule has 1 aromatic carbocycles. The zero-order chi connectivity index (χ0) is 11.8. The molecule has 2 rings (SSSR count). The molecule has 1 aromatic rings. The summed E-state index contributed by atoms with van der Waals surface area (Å²) < 4.78 is 27.9. The van der Waals surface area contributed by atoms with Gasteiger partial charge in [-0.25, -0.2) is 8.42 Å². The topological polar surface area (TPSA) is 89.6 Å². The second-order valence-corrected chi connectivity index (χ2v) is 6.02. The summed E-state index contributed by atoms with van der Waals surface area (Å²) in [7, 11) is -3.17. The quantitative estimate of drug-likeness (QED) is 0.702. The maximum Gasteiger partial charge on any atom is 0.156 e. The van der Waals surface area contributed by atoms with Gasteiger partial charge in [0.05, 0.1) is 11.5 Å². The maximum atomic E-state index is 11.2. The first-order valence-corrected chi connectivity index (χ1v) is 6.69. The maximum absolute atomic E-state index is 11.2. The molecule has 1 aliphatic heterocycles. The fraction of sp³-hybridized carbons (Fsp3) is 0.400. The highest BCUT2D eigenvalue weighted by atomic mass is 32.2. The molecule has 3 N–H and O–H groups in total. The lowest BCUT2D eigenvalue weighted by molar-refractivity contribution is 0.0738. The average Bonchev–Trinajstić information content (AvgIpc) is 2.44. The number of ether oxygens (including phenoxy) is 1. The van der Waals surface area contributed by atoms with Gasteiger partial charge in [-0.3, -0.25) is 0 Å². The lowest BCUT2D eigenvalue weighted by atomic mass is 10.2. The third-order valence-corrected chi connectivity index (χ3v) is 4.13. The van der Waals surface area contributed by atoms with Crippen molar-refractivity contribution in [2.45, 2.75) is 12.2 Å². The number of nitrogens with two attached hydrogens (primary N) is 1. The molecule has 0 bridgehead atoms. The Kier molecular flexibility index (Phi) is 2.77. The Balaban J connectivity index is 2.08. The number of sulfone groups is 1. The number of hydrogen-bond acceptors (Lipinski definition) is 5. The monoisotopic (exact) mass is 243 g/mol. The highest BCUT2D eigenvalue weighted by Crippen LogP contribution is 2.21. The summed E-state index contributed by atoms with van der Waals surface area (Å²) in [6, 6.07) is 6.61. The third kappa shape index (κ3) is 2.45. The highest BCUT2D eigenvalue weighted by Gasteiger charge is 2.38. The van der Waals surface area contributed by atoms with E-state index in [4.69, 9.17) is 10.5 Å². The smallest absolute Gasteiger partial charge is 0.156 e. The van der Waals surface area contributed by atoms with E-state index in [0.717, 1.165) is 0 Å². The number of anilines is 1. The van der Waals surface area contributed by atoms with E-state index < -0.39 is 22.0 Å². The molecule has 1 fully saturated rings. The van der Waals surface area contributed by atoms with Crippen LogP contribution in [0.1, 0.15) is 0 Å². The van der Waals surface area contributed by atoms with Gasteiger partial charge in [0, 0.05) is 5.69 Å². The molecule has 0 amide bonds. The van der Waals surface area contributed by atoms with Gasteiger partial charge in [0.15, 0.2) is 9.84 Å². The Morgan fingerprint density at radius 3 is 2.38 bits per heavy atom. The van der Waals surface area contributed by atoms with Gasteiger partial charge >= 0.3 is 0 Å². The van der Waals surface area contributed by atoms with Gasteiger partial charge in [0.1, 0.15) is 18.0 Å². The summed E-state index contributed by atoms with van der Waals surface area (Å²) in [5, 5.41) is 9.51. The SMILES string of the molecule is Nc1ccc(OC2CS(=O)(=O)CC2O)cc1. The van der Waals surface area contributed by atoms with Crippen LogP contribution >= 0.6 is 0 Å². The van der Waals surface area contributed by atoms with E-state index in [-0.39, 0.29) is 11.5 Å². The first-order chi connectivity index (χ1) is 7.46. The molecule has 0 radical (unpaired) electrons. The van der Waals surface area contributed by atoms with Crippen LogP contribution in [0.2, 0.25) is 0 Å². The number of benzene rings is 1. The lowest BCUT2D eigenvalue weighted by Gasteiger charge is -2.15. The van der Waals surface area contributed by atoms with Crippen molar-refractivity contribution in [2.24, 2.45) is 0 Å².